The molecule has 1 aliphatic rings. The number of hydrogen-bond acceptors (Lipinski definition) is 2. The van der Waals surface area contributed by atoms with Crippen molar-refractivity contribution in [3.63, 3.8) is 0 Å². The Kier molecular flexibility index (Phi) is 2.65. The lowest BCUT2D eigenvalue weighted by Crippen LogP contribution is -2.24. The van der Waals surface area contributed by atoms with Crippen LogP contribution in [0, 0.1) is 5.92 Å². The predicted octanol–water partition coefficient (Wildman–Crippen LogP) is 1.43. The molecule has 0 aromatic heterocycles. The van der Waals surface area contributed by atoms with Crippen LogP contribution in [0.25, 0.3) is 0 Å². The quantitative estimate of drug-likeness (QED) is 0.617. The van der Waals surface area contributed by atoms with Crippen LogP contribution in [0.4, 0.5) is 13.2 Å². The van der Waals surface area contributed by atoms with Gasteiger partial charge in [0.05, 0.1) is 0 Å². The highest BCUT2D eigenvalue weighted by Gasteiger charge is 2.28. The summed E-state index contributed by atoms with van der Waals surface area (Å²) in [6, 6.07) is 0. The number of rotatable bonds is 2. The predicted molar refractivity (Wildman–Crippen MR) is 37.9 cm³/mol. The Hall–Kier alpha value is -1.39. The molecule has 70 valence electrons. The summed E-state index contributed by atoms with van der Waals surface area (Å²) in [5.74, 6) is -6.13. The van der Waals surface area contributed by atoms with E-state index in [2.05, 4.69) is 0 Å². The fraction of sp³-hybridized carbons (Fsp3) is 0.250. The molecule has 0 radical (unpaired) electrons. The highest BCUT2D eigenvalue weighted by Crippen LogP contribution is 2.23. The van der Waals surface area contributed by atoms with Crippen molar-refractivity contribution >= 4 is 11.6 Å². The molecule has 0 amide bonds. The van der Waals surface area contributed by atoms with E-state index in [0.717, 1.165) is 0 Å². The van der Waals surface area contributed by atoms with Crippen LogP contribution in [0.3, 0.4) is 0 Å². The number of alkyl halides is 1. The molecule has 1 rings (SSSR count). The molecular weight excluding hydrogens is 185 g/mol. The van der Waals surface area contributed by atoms with Gasteiger partial charge in [0, 0.05) is 6.08 Å². The van der Waals surface area contributed by atoms with Gasteiger partial charge in [-0.15, -0.1) is 0 Å². The van der Waals surface area contributed by atoms with Crippen LogP contribution in [0.5, 0.6) is 0 Å². The van der Waals surface area contributed by atoms with Crippen LogP contribution < -0.4 is 0 Å². The summed E-state index contributed by atoms with van der Waals surface area (Å²) < 4.78 is 36.6. The molecule has 0 saturated heterocycles. The first-order chi connectivity index (χ1) is 6.06. The number of allylic oxidation sites excluding steroid dienone is 4. The van der Waals surface area contributed by atoms with Crippen molar-refractivity contribution in [3.05, 3.63) is 23.8 Å². The van der Waals surface area contributed by atoms with E-state index in [9.17, 15) is 22.8 Å². The molecule has 0 N–H and O–H groups in total. The maximum atomic E-state index is 12.5. The molecule has 0 heterocycles. The van der Waals surface area contributed by atoms with E-state index in [-0.39, 0.29) is 0 Å². The van der Waals surface area contributed by atoms with Crippen molar-refractivity contribution in [3.8, 4) is 0 Å². The molecule has 1 atom stereocenters. The van der Waals surface area contributed by atoms with Crippen LogP contribution in [0.2, 0.25) is 0 Å². The van der Waals surface area contributed by atoms with Crippen molar-refractivity contribution in [2.24, 2.45) is 5.92 Å². The van der Waals surface area contributed by atoms with Crippen LogP contribution in [-0.2, 0) is 9.59 Å². The number of hydrogen-bond donors (Lipinski definition) is 0. The standard InChI is InChI=1S/C8H5F3O2/c9-3-8(13)4-1-5(10)6(11)2-7(4)12/h1-2,4H,3H2. The third-order valence-corrected chi connectivity index (χ3v) is 1.60. The zero-order valence-electron chi connectivity index (χ0n) is 6.39. The molecule has 0 saturated carbocycles. The summed E-state index contributed by atoms with van der Waals surface area (Å²) >= 11 is 0. The van der Waals surface area contributed by atoms with E-state index in [1.165, 1.54) is 0 Å². The Bertz CT molecular complexity index is 317. The first-order valence-electron chi connectivity index (χ1n) is 3.43. The zero-order valence-corrected chi connectivity index (χ0v) is 6.39. The molecule has 2 nitrogen and oxygen atoms in total. The van der Waals surface area contributed by atoms with Gasteiger partial charge in [-0.3, -0.25) is 9.59 Å². The van der Waals surface area contributed by atoms with Crippen LogP contribution in [0.15, 0.2) is 23.8 Å². The number of halogens is 3. The van der Waals surface area contributed by atoms with Gasteiger partial charge < -0.3 is 0 Å². The minimum atomic E-state index is -1.51. The summed E-state index contributed by atoms with van der Waals surface area (Å²) in [5, 5.41) is 0. The largest absolute Gasteiger partial charge is 0.296 e. The maximum Gasteiger partial charge on any atom is 0.178 e. The Morgan fingerprint density at radius 2 is 2.00 bits per heavy atom. The molecule has 1 unspecified atom stereocenters. The third-order valence-electron chi connectivity index (χ3n) is 1.60. The monoisotopic (exact) mass is 190 g/mol. The van der Waals surface area contributed by atoms with Gasteiger partial charge in [0.25, 0.3) is 0 Å². The van der Waals surface area contributed by atoms with Gasteiger partial charge in [-0.1, -0.05) is 0 Å². The lowest BCUT2D eigenvalue weighted by atomic mass is 9.94. The van der Waals surface area contributed by atoms with Crippen LogP contribution >= 0.6 is 0 Å². The average molecular weight is 190 g/mol. The van der Waals surface area contributed by atoms with Gasteiger partial charge in [-0.25, -0.2) is 13.2 Å². The molecule has 5 heteroatoms. The lowest BCUT2D eigenvalue weighted by Gasteiger charge is -2.10. The van der Waals surface area contributed by atoms with Crippen molar-refractivity contribution < 1.29 is 22.8 Å². The van der Waals surface area contributed by atoms with E-state index < -0.39 is 35.8 Å². The second-order valence-corrected chi connectivity index (χ2v) is 2.49. The highest BCUT2D eigenvalue weighted by atomic mass is 19.2. The number of ketones is 2. The van der Waals surface area contributed by atoms with E-state index in [1.807, 2.05) is 0 Å². The molecule has 0 aromatic carbocycles. The second-order valence-electron chi connectivity index (χ2n) is 2.49. The van der Waals surface area contributed by atoms with Gasteiger partial charge in [0.2, 0.25) is 0 Å². The van der Waals surface area contributed by atoms with Crippen molar-refractivity contribution in [1.29, 1.82) is 0 Å². The SMILES string of the molecule is O=C1C=C(F)C(F)=CC1C(=O)CF. The smallest absolute Gasteiger partial charge is 0.178 e. The third kappa shape index (κ3) is 1.85. The Morgan fingerprint density at radius 1 is 1.38 bits per heavy atom. The molecule has 13 heavy (non-hydrogen) atoms. The van der Waals surface area contributed by atoms with Crippen LogP contribution in [0.1, 0.15) is 0 Å². The van der Waals surface area contributed by atoms with Crippen molar-refractivity contribution in [1.82, 2.24) is 0 Å². The Labute approximate surface area is 71.7 Å². The fourth-order valence-electron chi connectivity index (χ4n) is 0.926. The van der Waals surface area contributed by atoms with Gasteiger partial charge in [0.1, 0.15) is 12.6 Å². The highest BCUT2D eigenvalue weighted by molar-refractivity contribution is 6.10. The van der Waals surface area contributed by atoms with Gasteiger partial charge in [0.15, 0.2) is 23.2 Å². The zero-order chi connectivity index (χ0) is 10.0. The van der Waals surface area contributed by atoms with Crippen LogP contribution in [-0.4, -0.2) is 18.2 Å². The maximum absolute atomic E-state index is 12.5. The number of carbonyl (C=O) groups excluding carboxylic acids is 2. The Balaban J connectivity index is 2.93. The molecule has 0 fully saturated rings. The van der Waals surface area contributed by atoms with E-state index >= 15 is 0 Å². The molecular formula is C8H5F3O2. The van der Waals surface area contributed by atoms with E-state index in [4.69, 9.17) is 0 Å². The molecule has 0 spiro atoms. The summed E-state index contributed by atoms with van der Waals surface area (Å²) in [6.45, 7) is -1.37. The molecule has 0 aromatic rings. The van der Waals surface area contributed by atoms with Gasteiger partial charge in [-0.2, -0.15) is 0 Å². The summed E-state index contributed by atoms with van der Waals surface area (Å²) in [6.07, 6.45) is 0.840. The first kappa shape index (κ1) is 9.70. The summed E-state index contributed by atoms with van der Waals surface area (Å²) in [7, 11) is 0. The van der Waals surface area contributed by atoms with E-state index in [0.29, 0.717) is 12.2 Å². The fourth-order valence-corrected chi connectivity index (χ4v) is 0.926. The van der Waals surface area contributed by atoms with Crippen molar-refractivity contribution in [2.45, 2.75) is 0 Å². The normalized spacial score (nSPS) is 22.4. The Morgan fingerprint density at radius 3 is 2.54 bits per heavy atom. The average Bonchev–Trinajstić information content (AvgIpc) is 2.10. The second kappa shape index (κ2) is 3.55. The van der Waals surface area contributed by atoms with Crippen molar-refractivity contribution in [2.75, 3.05) is 6.67 Å². The minimum absolute atomic E-state index is 0.355. The summed E-state index contributed by atoms with van der Waals surface area (Å²) in [4.78, 5) is 21.5. The van der Waals surface area contributed by atoms with Gasteiger partial charge >= 0.3 is 0 Å². The molecule has 0 aliphatic heterocycles. The topological polar surface area (TPSA) is 34.1 Å². The lowest BCUT2D eigenvalue weighted by molar-refractivity contribution is -0.129. The molecule has 0 bridgehead atoms. The summed E-state index contributed by atoms with van der Waals surface area (Å²) in [5.41, 5.74) is 0. The minimum Gasteiger partial charge on any atom is -0.296 e. The number of Topliss-reactive ketones (excluding diaryl/α,β-unsaturated/α-hetero) is 1. The van der Waals surface area contributed by atoms with E-state index in [1.54, 1.807) is 0 Å². The first-order valence-corrected chi connectivity index (χ1v) is 3.43. The van der Waals surface area contributed by atoms with Gasteiger partial charge in [-0.05, 0) is 6.08 Å². The molecule has 1 aliphatic carbocycles. The number of carbonyl (C=O) groups is 2.